The van der Waals surface area contributed by atoms with Gasteiger partial charge < -0.3 is 11.8 Å². The Morgan fingerprint density at radius 1 is 1.00 bits per heavy atom. The van der Waals surface area contributed by atoms with E-state index in [4.69, 9.17) is 11.8 Å². The molecule has 0 fully saturated rings. The minimum atomic E-state index is 1.18. The molecule has 0 saturated carbocycles. The highest BCUT2D eigenvalue weighted by Crippen LogP contribution is 2.08. The van der Waals surface area contributed by atoms with E-state index in [9.17, 15) is 0 Å². The summed E-state index contributed by atoms with van der Waals surface area (Å²) in [6.07, 6.45) is 15.6. The first-order valence-electron chi connectivity index (χ1n) is 7.51. The molecular formula is C17H28N2. The van der Waals surface area contributed by atoms with E-state index < -0.39 is 0 Å². The molecule has 0 amide bonds. The van der Waals surface area contributed by atoms with Gasteiger partial charge in [-0.05, 0) is 19.4 Å². The van der Waals surface area contributed by atoms with Crippen LogP contribution in [0.1, 0.15) is 63.9 Å². The second-order valence-electron chi connectivity index (χ2n) is 5.09. The number of nitrogens with zero attached hydrogens (tertiary/aromatic N) is 2. The fraction of sp³-hybridized carbons (Fsp3) is 0.647. The molecule has 1 aromatic rings. The van der Waals surface area contributed by atoms with Gasteiger partial charge in [-0.3, -0.25) is 0 Å². The number of aromatic nitrogens is 1. The van der Waals surface area contributed by atoms with Gasteiger partial charge in [0.15, 0.2) is 12.4 Å². The largest absolute Gasteiger partial charge is 0.512 e. The summed E-state index contributed by atoms with van der Waals surface area (Å²) in [5, 5.41) is 6.25. The van der Waals surface area contributed by atoms with Crippen molar-refractivity contribution in [3.63, 3.8) is 0 Å². The fourth-order valence-electron chi connectivity index (χ4n) is 2.22. The zero-order chi connectivity index (χ0) is 14.3. The Morgan fingerprint density at radius 2 is 1.58 bits per heavy atom. The number of hydrogen-bond donors (Lipinski definition) is 0. The van der Waals surface area contributed by atoms with E-state index in [1.165, 1.54) is 63.5 Å². The zero-order valence-electron chi connectivity index (χ0n) is 12.6. The summed E-state index contributed by atoms with van der Waals surface area (Å²) >= 11 is 0. The van der Waals surface area contributed by atoms with Gasteiger partial charge in [-0.25, -0.2) is 4.57 Å². The third-order valence-corrected chi connectivity index (χ3v) is 3.28. The van der Waals surface area contributed by atoms with Gasteiger partial charge in [0, 0.05) is 18.1 Å². The maximum Gasteiger partial charge on any atom is 0.171 e. The quantitative estimate of drug-likeness (QED) is 0.364. The first kappa shape index (κ1) is 17.6. The Hall–Kier alpha value is -1.36. The average Bonchev–Trinajstić information content (AvgIpc) is 2.44. The van der Waals surface area contributed by atoms with Crippen LogP contribution in [-0.2, 0) is 6.54 Å². The highest BCUT2D eigenvalue weighted by molar-refractivity contribution is 5.01. The molecule has 2 heteroatoms. The summed E-state index contributed by atoms with van der Waals surface area (Å²) in [5.74, 6) is 0. The number of pyridine rings is 1. The number of aryl methyl sites for hydroxylation is 2. The molecule has 0 atom stereocenters. The minimum absolute atomic E-state index is 1.18. The van der Waals surface area contributed by atoms with Crippen LogP contribution in [0.3, 0.4) is 0 Å². The Balaban J connectivity index is 0.00000154. The van der Waals surface area contributed by atoms with Crippen molar-refractivity contribution in [1.82, 2.24) is 0 Å². The lowest BCUT2D eigenvalue weighted by Gasteiger charge is -2.00. The SMILES string of the molecule is CCCCCCCCCC[n+]1cccc(C)c1.[C-]#N. The zero-order valence-corrected chi connectivity index (χ0v) is 12.6. The van der Waals surface area contributed by atoms with Crippen LogP contribution in [0.25, 0.3) is 0 Å². The molecule has 1 rings (SSSR count). The highest BCUT2D eigenvalue weighted by atomic mass is 14.9. The Kier molecular flexibility index (Phi) is 12.1. The lowest BCUT2D eigenvalue weighted by molar-refractivity contribution is -0.697. The van der Waals surface area contributed by atoms with Crippen LogP contribution in [0.2, 0.25) is 0 Å². The van der Waals surface area contributed by atoms with Gasteiger partial charge in [-0.1, -0.05) is 45.4 Å². The fourth-order valence-corrected chi connectivity index (χ4v) is 2.22. The van der Waals surface area contributed by atoms with Crippen LogP contribution >= 0.6 is 0 Å². The molecule has 0 saturated heterocycles. The molecular weight excluding hydrogens is 232 g/mol. The molecule has 0 spiro atoms. The normalized spacial score (nSPS) is 9.68. The van der Waals surface area contributed by atoms with Gasteiger partial charge in [0.05, 0.1) is 0 Å². The van der Waals surface area contributed by atoms with Crippen LogP contribution < -0.4 is 4.57 Å². The van der Waals surface area contributed by atoms with E-state index in [1.807, 2.05) is 0 Å². The van der Waals surface area contributed by atoms with Gasteiger partial charge in [-0.2, -0.15) is 0 Å². The molecule has 106 valence electrons. The van der Waals surface area contributed by atoms with Crippen LogP contribution in [0, 0.1) is 18.8 Å². The number of rotatable bonds is 9. The third kappa shape index (κ3) is 10.3. The summed E-state index contributed by atoms with van der Waals surface area (Å²) in [6, 6.07) is 4.30. The molecule has 0 aliphatic heterocycles. The predicted molar refractivity (Wildman–Crippen MR) is 79.0 cm³/mol. The Morgan fingerprint density at radius 3 is 2.16 bits per heavy atom. The van der Waals surface area contributed by atoms with Gasteiger partial charge in [0.1, 0.15) is 6.54 Å². The molecule has 0 aliphatic rings. The average molecular weight is 260 g/mol. The van der Waals surface area contributed by atoms with E-state index >= 15 is 0 Å². The maximum atomic E-state index is 6.25. The summed E-state index contributed by atoms with van der Waals surface area (Å²) in [6.45, 7) is 10.4. The van der Waals surface area contributed by atoms with Gasteiger partial charge >= 0.3 is 0 Å². The topological polar surface area (TPSA) is 27.7 Å². The molecule has 0 unspecified atom stereocenters. The van der Waals surface area contributed by atoms with Crippen molar-refractivity contribution in [2.75, 3.05) is 0 Å². The van der Waals surface area contributed by atoms with Crippen molar-refractivity contribution in [2.24, 2.45) is 0 Å². The standard InChI is InChI=1S/C16H28N.CN/c1-3-4-5-6-7-8-9-10-13-17-14-11-12-16(2)15-17;1-2/h11-12,14-15H,3-10,13H2,1-2H3;/q+1;-1. The molecule has 0 N–H and O–H groups in total. The lowest BCUT2D eigenvalue weighted by atomic mass is 10.1. The van der Waals surface area contributed by atoms with Crippen LogP contribution in [-0.4, -0.2) is 0 Å². The van der Waals surface area contributed by atoms with Crippen molar-refractivity contribution in [1.29, 1.82) is 5.26 Å². The van der Waals surface area contributed by atoms with Crippen LogP contribution in [0.5, 0.6) is 0 Å². The van der Waals surface area contributed by atoms with Crippen LogP contribution in [0.15, 0.2) is 24.5 Å². The summed E-state index contributed by atoms with van der Waals surface area (Å²) in [4.78, 5) is 0. The van der Waals surface area contributed by atoms with Crippen molar-refractivity contribution in [3.05, 3.63) is 36.7 Å². The molecule has 1 heterocycles. The monoisotopic (exact) mass is 260 g/mol. The first-order valence-corrected chi connectivity index (χ1v) is 7.51. The molecule has 2 nitrogen and oxygen atoms in total. The molecule has 0 bridgehead atoms. The van der Waals surface area contributed by atoms with Crippen molar-refractivity contribution < 1.29 is 4.57 Å². The summed E-state index contributed by atoms with van der Waals surface area (Å²) in [5.41, 5.74) is 1.35. The molecule has 0 radical (unpaired) electrons. The van der Waals surface area contributed by atoms with E-state index in [1.54, 1.807) is 0 Å². The number of unbranched alkanes of at least 4 members (excludes halogenated alkanes) is 7. The number of hydrogen-bond acceptors (Lipinski definition) is 1. The van der Waals surface area contributed by atoms with Crippen molar-refractivity contribution >= 4 is 0 Å². The minimum Gasteiger partial charge on any atom is -0.512 e. The molecule has 1 aromatic heterocycles. The van der Waals surface area contributed by atoms with Crippen LogP contribution in [0.4, 0.5) is 0 Å². The Labute approximate surface area is 119 Å². The van der Waals surface area contributed by atoms with E-state index in [2.05, 4.69) is 42.9 Å². The van der Waals surface area contributed by atoms with E-state index in [-0.39, 0.29) is 0 Å². The smallest absolute Gasteiger partial charge is 0.171 e. The van der Waals surface area contributed by atoms with E-state index in [0.717, 1.165) is 0 Å². The second kappa shape index (κ2) is 13.1. The molecule has 0 aliphatic carbocycles. The molecule has 0 aromatic carbocycles. The van der Waals surface area contributed by atoms with E-state index in [0.29, 0.717) is 0 Å². The maximum absolute atomic E-state index is 6.25. The van der Waals surface area contributed by atoms with Gasteiger partial charge in [0.25, 0.3) is 0 Å². The second-order valence-corrected chi connectivity index (χ2v) is 5.09. The van der Waals surface area contributed by atoms with Gasteiger partial charge in [-0.15, -0.1) is 0 Å². The first-order chi connectivity index (χ1) is 9.33. The third-order valence-electron chi connectivity index (χ3n) is 3.28. The molecule has 19 heavy (non-hydrogen) atoms. The predicted octanol–water partition coefficient (Wildman–Crippen LogP) is 4.52. The highest BCUT2D eigenvalue weighted by Gasteiger charge is 1.99. The summed E-state index contributed by atoms with van der Waals surface area (Å²) in [7, 11) is 0. The Bertz CT molecular complexity index is 331. The lowest BCUT2D eigenvalue weighted by Crippen LogP contribution is -2.32. The van der Waals surface area contributed by atoms with Crippen molar-refractivity contribution in [3.8, 4) is 0 Å². The van der Waals surface area contributed by atoms with Crippen molar-refractivity contribution in [2.45, 2.75) is 71.8 Å². The summed E-state index contributed by atoms with van der Waals surface area (Å²) < 4.78 is 2.31. The van der Waals surface area contributed by atoms with Gasteiger partial charge in [0.2, 0.25) is 0 Å².